The van der Waals surface area contributed by atoms with E-state index in [1.165, 1.54) is 13.2 Å². The quantitative estimate of drug-likeness (QED) is 0.810. The van der Waals surface area contributed by atoms with Crippen LogP contribution in [0.2, 0.25) is 0 Å². The Hall–Kier alpha value is -1.60. The molecule has 1 aliphatic heterocycles. The van der Waals surface area contributed by atoms with Gasteiger partial charge in [0, 0.05) is 24.7 Å². The van der Waals surface area contributed by atoms with Gasteiger partial charge in [-0.1, -0.05) is 26.7 Å². The van der Waals surface area contributed by atoms with Crippen molar-refractivity contribution in [1.82, 2.24) is 9.62 Å². The zero-order chi connectivity index (χ0) is 20.3. The maximum Gasteiger partial charge on any atom is 0.253 e. The summed E-state index contributed by atoms with van der Waals surface area (Å²) in [5.41, 5.74) is 0.396. The molecule has 2 atom stereocenters. The van der Waals surface area contributed by atoms with Crippen LogP contribution in [0.1, 0.15) is 62.7 Å². The first-order valence-corrected chi connectivity index (χ1v) is 11.8. The molecule has 1 N–H and O–H groups in total. The molecule has 0 radical (unpaired) electrons. The van der Waals surface area contributed by atoms with E-state index < -0.39 is 10.0 Å². The molecule has 0 bridgehead atoms. The fourth-order valence-corrected chi connectivity index (χ4v) is 5.74. The highest BCUT2D eigenvalue weighted by Crippen LogP contribution is 2.29. The van der Waals surface area contributed by atoms with Gasteiger partial charge in [0.25, 0.3) is 5.91 Å². The van der Waals surface area contributed by atoms with Gasteiger partial charge >= 0.3 is 0 Å². The molecule has 2 fully saturated rings. The van der Waals surface area contributed by atoms with Crippen LogP contribution in [0.3, 0.4) is 0 Å². The van der Waals surface area contributed by atoms with Crippen LogP contribution in [0, 0.1) is 11.8 Å². The molecular formula is C21H32N2O4S. The SMILES string of the molecule is COc1ccc(C(=O)N2CCC(C)CC2)cc1S(=O)(=O)NC1CCCCC1C. The molecule has 3 rings (SSSR count). The number of amides is 1. The minimum atomic E-state index is -3.78. The van der Waals surface area contributed by atoms with E-state index >= 15 is 0 Å². The summed E-state index contributed by atoms with van der Waals surface area (Å²) in [6.07, 6.45) is 5.99. The Bertz CT molecular complexity index is 801. The molecule has 6 nitrogen and oxygen atoms in total. The van der Waals surface area contributed by atoms with Gasteiger partial charge in [0.05, 0.1) is 7.11 Å². The largest absolute Gasteiger partial charge is 0.495 e. The van der Waals surface area contributed by atoms with Crippen molar-refractivity contribution in [3.8, 4) is 5.75 Å². The smallest absolute Gasteiger partial charge is 0.253 e. The van der Waals surface area contributed by atoms with Crippen molar-refractivity contribution in [1.29, 1.82) is 0 Å². The Morgan fingerprint density at radius 2 is 1.79 bits per heavy atom. The number of nitrogens with zero attached hydrogens (tertiary/aromatic N) is 1. The van der Waals surface area contributed by atoms with Crippen molar-refractivity contribution in [2.45, 2.75) is 63.3 Å². The van der Waals surface area contributed by atoms with Gasteiger partial charge in [-0.2, -0.15) is 0 Å². The van der Waals surface area contributed by atoms with E-state index in [4.69, 9.17) is 4.74 Å². The zero-order valence-electron chi connectivity index (χ0n) is 17.1. The second-order valence-electron chi connectivity index (χ2n) is 8.33. The third-order valence-electron chi connectivity index (χ3n) is 6.19. The predicted octanol–water partition coefficient (Wildman–Crippen LogP) is 3.42. The number of methoxy groups -OCH3 is 1. The standard InChI is InChI=1S/C21H32N2O4S/c1-15-10-12-23(13-11-15)21(24)17-8-9-19(27-3)20(14-17)28(25,26)22-18-7-5-4-6-16(18)2/h8-9,14-16,18,22H,4-7,10-13H2,1-3H3. The van der Waals surface area contributed by atoms with Crippen LogP contribution >= 0.6 is 0 Å². The molecule has 1 aromatic carbocycles. The second kappa shape index (κ2) is 8.82. The first kappa shape index (κ1) is 21.1. The van der Waals surface area contributed by atoms with E-state index in [1.807, 2.05) is 4.90 Å². The molecule has 7 heteroatoms. The van der Waals surface area contributed by atoms with E-state index in [1.54, 1.807) is 12.1 Å². The lowest BCUT2D eigenvalue weighted by atomic mass is 9.87. The number of carbonyl (C=O) groups excluding carboxylic acids is 1. The topological polar surface area (TPSA) is 75.7 Å². The average molecular weight is 409 g/mol. The van der Waals surface area contributed by atoms with Crippen LogP contribution in [0.4, 0.5) is 0 Å². The molecular weight excluding hydrogens is 376 g/mol. The van der Waals surface area contributed by atoms with Gasteiger partial charge in [0.2, 0.25) is 10.0 Å². The minimum absolute atomic E-state index is 0.0454. The molecule has 1 saturated heterocycles. The molecule has 1 amide bonds. The number of rotatable bonds is 5. The fraction of sp³-hybridized carbons (Fsp3) is 0.667. The van der Waals surface area contributed by atoms with E-state index in [0.29, 0.717) is 30.5 Å². The summed E-state index contributed by atoms with van der Waals surface area (Å²) in [6.45, 7) is 5.70. The summed E-state index contributed by atoms with van der Waals surface area (Å²) in [4.78, 5) is 14.8. The van der Waals surface area contributed by atoms with Crippen LogP contribution in [0.15, 0.2) is 23.1 Å². The predicted molar refractivity (Wildman–Crippen MR) is 109 cm³/mol. The van der Waals surface area contributed by atoms with Crippen LogP contribution < -0.4 is 9.46 Å². The van der Waals surface area contributed by atoms with Crippen molar-refractivity contribution in [2.75, 3.05) is 20.2 Å². The Kier molecular flexibility index (Phi) is 6.65. The lowest BCUT2D eigenvalue weighted by Gasteiger charge is -2.31. The number of hydrogen-bond acceptors (Lipinski definition) is 4. The molecule has 2 aliphatic rings. The lowest BCUT2D eigenvalue weighted by molar-refractivity contribution is 0.0697. The van der Waals surface area contributed by atoms with Crippen LogP contribution in [-0.2, 0) is 10.0 Å². The number of nitrogens with one attached hydrogen (secondary N) is 1. The highest BCUT2D eigenvalue weighted by molar-refractivity contribution is 7.89. The number of carbonyl (C=O) groups is 1. The maximum atomic E-state index is 13.1. The van der Waals surface area contributed by atoms with Gasteiger partial charge in [0.15, 0.2) is 0 Å². The van der Waals surface area contributed by atoms with E-state index in [0.717, 1.165) is 38.5 Å². The zero-order valence-corrected chi connectivity index (χ0v) is 17.9. The molecule has 1 aliphatic carbocycles. The summed E-state index contributed by atoms with van der Waals surface area (Å²) >= 11 is 0. The first-order chi connectivity index (χ1) is 13.3. The highest BCUT2D eigenvalue weighted by Gasteiger charge is 2.30. The van der Waals surface area contributed by atoms with Gasteiger partial charge in [-0.15, -0.1) is 0 Å². The van der Waals surface area contributed by atoms with E-state index in [9.17, 15) is 13.2 Å². The fourth-order valence-electron chi connectivity index (χ4n) is 4.17. The van der Waals surface area contributed by atoms with E-state index in [2.05, 4.69) is 18.6 Å². The van der Waals surface area contributed by atoms with Gasteiger partial charge in [0.1, 0.15) is 10.6 Å². The maximum absolute atomic E-state index is 13.1. The third kappa shape index (κ3) is 4.69. The molecule has 2 unspecified atom stereocenters. The van der Waals surface area contributed by atoms with Crippen LogP contribution in [0.5, 0.6) is 5.75 Å². The number of hydrogen-bond donors (Lipinski definition) is 1. The highest BCUT2D eigenvalue weighted by atomic mass is 32.2. The number of benzene rings is 1. The average Bonchev–Trinajstić information content (AvgIpc) is 2.69. The van der Waals surface area contributed by atoms with Gasteiger partial charge in [-0.25, -0.2) is 13.1 Å². The molecule has 1 aromatic rings. The third-order valence-corrected chi connectivity index (χ3v) is 7.70. The molecule has 0 spiro atoms. The summed E-state index contributed by atoms with van der Waals surface area (Å²) in [6, 6.07) is 4.63. The molecule has 156 valence electrons. The number of sulfonamides is 1. The van der Waals surface area contributed by atoms with E-state index in [-0.39, 0.29) is 22.6 Å². The van der Waals surface area contributed by atoms with Gasteiger partial charge in [-0.05, 0) is 55.7 Å². The Balaban J connectivity index is 1.85. The second-order valence-corrected chi connectivity index (χ2v) is 10.0. The van der Waals surface area contributed by atoms with Crippen molar-refractivity contribution < 1.29 is 17.9 Å². The summed E-state index contributed by atoms with van der Waals surface area (Å²) in [7, 11) is -2.33. The van der Waals surface area contributed by atoms with Crippen LogP contribution in [0.25, 0.3) is 0 Å². The normalized spacial score (nSPS) is 24.2. The summed E-state index contributed by atoms with van der Waals surface area (Å²) < 4.78 is 34.4. The van der Waals surface area contributed by atoms with Crippen molar-refractivity contribution >= 4 is 15.9 Å². The summed E-state index contributed by atoms with van der Waals surface area (Å²) in [5, 5.41) is 0. The van der Waals surface area contributed by atoms with Crippen molar-refractivity contribution in [3.63, 3.8) is 0 Å². The first-order valence-electron chi connectivity index (χ1n) is 10.3. The van der Waals surface area contributed by atoms with Gasteiger partial charge < -0.3 is 9.64 Å². The Labute approximate surface area is 168 Å². The number of ether oxygens (including phenoxy) is 1. The van der Waals surface area contributed by atoms with Crippen molar-refractivity contribution in [3.05, 3.63) is 23.8 Å². The number of likely N-dealkylation sites (tertiary alicyclic amines) is 1. The molecule has 1 heterocycles. The molecule has 0 aromatic heterocycles. The van der Waals surface area contributed by atoms with Gasteiger partial charge in [-0.3, -0.25) is 4.79 Å². The monoisotopic (exact) mass is 408 g/mol. The Morgan fingerprint density at radius 3 is 2.43 bits per heavy atom. The Morgan fingerprint density at radius 1 is 1.11 bits per heavy atom. The lowest BCUT2D eigenvalue weighted by Crippen LogP contribution is -2.41. The number of piperidine rings is 1. The minimum Gasteiger partial charge on any atom is -0.495 e. The molecule has 1 saturated carbocycles. The summed E-state index contributed by atoms with van der Waals surface area (Å²) in [5.74, 6) is 1.07. The van der Waals surface area contributed by atoms with Crippen molar-refractivity contribution in [2.24, 2.45) is 11.8 Å². The van der Waals surface area contributed by atoms with Crippen LogP contribution in [-0.4, -0.2) is 45.5 Å². The molecule has 28 heavy (non-hydrogen) atoms.